The lowest BCUT2D eigenvalue weighted by Crippen LogP contribution is -2.23. The van der Waals surface area contributed by atoms with E-state index in [1.54, 1.807) is 30.3 Å². The Morgan fingerprint density at radius 1 is 1.29 bits per heavy atom. The summed E-state index contributed by atoms with van der Waals surface area (Å²) in [7, 11) is 0. The lowest BCUT2D eigenvalue weighted by Gasteiger charge is -2.08. The first-order valence-corrected chi connectivity index (χ1v) is 6.26. The first-order valence-electron chi connectivity index (χ1n) is 5.28. The number of aliphatic hydroxyl groups is 1. The van der Waals surface area contributed by atoms with Crippen molar-refractivity contribution in [1.82, 2.24) is 0 Å². The molecule has 0 heterocycles. The molecule has 1 unspecified atom stereocenters. The summed E-state index contributed by atoms with van der Waals surface area (Å²) in [5, 5.41) is 9.41. The second kappa shape index (κ2) is 7.21. The molecule has 0 radical (unpaired) electrons. The van der Waals surface area contributed by atoms with Crippen LogP contribution in [0.1, 0.15) is 16.8 Å². The van der Waals surface area contributed by atoms with Gasteiger partial charge in [0.25, 0.3) is 0 Å². The Kier molecular flexibility index (Phi) is 5.90. The molecule has 4 nitrogen and oxygen atoms in total. The van der Waals surface area contributed by atoms with Crippen molar-refractivity contribution in [3.8, 4) is 0 Å². The fourth-order valence-electron chi connectivity index (χ4n) is 1.28. The van der Waals surface area contributed by atoms with Crippen molar-refractivity contribution in [1.29, 1.82) is 0 Å². The lowest BCUT2D eigenvalue weighted by molar-refractivity contribution is -0.112. The van der Waals surface area contributed by atoms with Gasteiger partial charge >= 0.3 is 0 Å². The number of thioether (sulfide) groups is 1. The van der Waals surface area contributed by atoms with Crippen molar-refractivity contribution in [2.24, 2.45) is 5.73 Å². The first-order chi connectivity index (χ1) is 8.15. The summed E-state index contributed by atoms with van der Waals surface area (Å²) in [6, 6.07) is 8.44. The van der Waals surface area contributed by atoms with Crippen LogP contribution in [0.25, 0.3) is 0 Å². The molecule has 0 aliphatic rings. The van der Waals surface area contributed by atoms with Gasteiger partial charge in [-0.1, -0.05) is 42.1 Å². The second-order valence-corrected chi connectivity index (χ2v) is 4.61. The number of carbonyl (C=O) groups is 2. The summed E-state index contributed by atoms with van der Waals surface area (Å²) < 4.78 is 0. The number of nitrogens with two attached hydrogens (primary N) is 1. The molecule has 0 bridgehead atoms. The molecule has 1 aromatic rings. The van der Waals surface area contributed by atoms with Crippen molar-refractivity contribution in [3.63, 3.8) is 0 Å². The third kappa shape index (κ3) is 4.68. The molecule has 1 atom stereocenters. The highest BCUT2D eigenvalue weighted by molar-refractivity contribution is 8.13. The van der Waals surface area contributed by atoms with E-state index >= 15 is 0 Å². The van der Waals surface area contributed by atoms with Crippen LogP contribution in [0.15, 0.2) is 30.3 Å². The highest BCUT2D eigenvalue weighted by Gasteiger charge is 2.20. The van der Waals surface area contributed by atoms with Crippen LogP contribution in [0.3, 0.4) is 0 Å². The molecule has 17 heavy (non-hydrogen) atoms. The molecule has 92 valence electrons. The highest BCUT2D eigenvalue weighted by Crippen LogP contribution is 2.11. The summed E-state index contributed by atoms with van der Waals surface area (Å²) in [5.74, 6) is 0.0812. The number of hydrogen-bond donors (Lipinski definition) is 2. The summed E-state index contributed by atoms with van der Waals surface area (Å²) in [6.45, 7) is 0.402. The lowest BCUT2D eigenvalue weighted by atomic mass is 10.0. The van der Waals surface area contributed by atoms with E-state index in [1.807, 2.05) is 0 Å². The van der Waals surface area contributed by atoms with E-state index in [0.717, 1.165) is 11.8 Å². The third-order valence-electron chi connectivity index (χ3n) is 2.10. The number of benzene rings is 1. The molecule has 5 heteroatoms. The van der Waals surface area contributed by atoms with Gasteiger partial charge in [-0.2, -0.15) is 0 Å². The van der Waals surface area contributed by atoms with Gasteiger partial charge in [0.05, 0.1) is 6.42 Å². The second-order valence-electron chi connectivity index (χ2n) is 3.46. The number of rotatable bonds is 6. The van der Waals surface area contributed by atoms with Gasteiger partial charge in [0.2, 0.25) is 0 Å². The third-order valence-corrected chi connectivity index (χ3v) is 3.03. The van der Waals surface area contributed by atoms with Crippen LogP contribution in [0.5, 0.6) is 0 Å². The van der Waals surface area contributed by atoms with Crippen molar-refractivity contribution in [2.75, 3.05) is 12.3 Å². The van der Waals surface area contributed by atoms with Gasteiger partial charge in [0, 0.05) is 17.9 Å². The Balaban J connectivity index is 2.50. The Morgan fingerprint density at radius 2 is 1.94 bits per heavy atom. The minimum Gasteiger partial charge on any atom is -0.384 e. The zero-order chi connectivity index (χ0) is 12.7. The van der Waals surface area contributed by atoms with Crippen LogP contribution in [-0.2, 0) is 4.79 Å². The number of aliphatic hydroxyl groups excluding tert-OH is 1. The normalized spacial score (nSPS) is 12.1. The summed E-state index contributed by atoms with van der Waals surface area (Å²) >= 11 is 1.04. The van der Waals surface area contributed by atoms with Gasteiger partial charge in [-0.25, -0.2) is 0 Å². The van der Waals surface area contributed by atoms with E-state index in [-0.39, 0.29) is 11.5 Å². The molecular weight excluding hydrogens is 238 g/mol. The van der Waals surface area contributed by atoms with Crippen molar-refractivity contribution in [3.05, 3.63) is 35.9 Å². The predicted molar refractivity (Wildman–Crippen MR) is 67.9 cm³/mol. The maximum absolute atomic E-state index is 11.7. The molecule has 0 saturated heterocycles. The fraction of sp³-hybridized carbons (Fsp3) is 0.333. The number of hydrogen-bond acceptors (Lipinski definition) is 5. The highest BCUT2D eigenvalue weighted by atomic mass is 32.2. The Hall–Kier alpha value is -1.17. The fourth-order valence-corrected chi connectivity index (χ4v) is 1.90. The Labute approximate surface area is 104 Å². The largest absolute Gasteiger partial charge is 0.384 e. The van der Waals surface area contributed by atoms with Crippen LogP contribution in [0.2, 0.25) is 0 Å². The van der Waals surface area contributed by atoms with Crippen LogP contribution >= 0.6 is 11.8 Å². The van der Waals surface area contributed by atoms with Crippen molar-refractivity contribution < 1.29 is 14.7 Å². The van der Waals surface area contributed by atoms with Gasteiger partial charge in [0.15, 0.2) is 10.9 Å². The van der Waals surface area contributed by atoms with Crippen LogP contribution in [0, 0.1) is 0 Å². The standard InChI is InChI=1S/C12H15NO3S/c13-6-7-17-11(15)8-10(14)12(16)9-4-2-1-3-5-9/h1-5,10,14H,6-8,13H2. The first kappa shape index (κ1) is 13.9. The van der Waals surface area contributed by atoms with Crippen LogP contribution in [-0.4, -0.2) is 34.4 Å². The monoisotopic (exact) mass is 253 g/mol. The molecular formula is C12H15NO3S. The number of Topliss-reactive ketones (excluding diaryl/α,β-unsaturated/α-hetero) is 1. The van der Waals surface area contributed by atoms with E-state index < -0.39 is 11.9 Å². The van der Waals surface area contributed by atoms with Gasteiger partial charge in [-0.3, -0.25) is 9.59 Å². The van der Waals surface area contributed by atoms with E-state index in [2.05, 4.69) is 0 Å². The van der Waals surface area contributed by atoms with Gasteiger partial charge in [-0.15, -0.1) is 0 Å². The number of ketones is 1. The summed E-state index contributed by atoms with van der Waals surface area (Å²) in [6.07, 6.45) is -1.44. The summed E-state index contributed by atoms with van der Waals surface area (Å²) in [4.78, 5) is 23.1. The van der Waals surface area contributed by atoms with E-state index in [9.17, 15) is 14.7 Å². The van der Waals surface area contributed by atoms with Gasteiger partial charge < -0.3 is 10.8 Å². The minimum atomic E-state index is -1.27. The van der Waals surface area contributed by atoms with Crippen molar-refractivity contribution >= 4 is 22.7 Å². The molecule has 0 amide bonds. The van der Waals surface area contributed by atoms with Crippen LogP contribution in [0.4, 0.5) is 0 Å². The quantitative estimate of drug-likeness (QED) is 0.734. The minimum absolute atomic E-state index is 0.168. The predicted octanol–water partition coefficient (Wildman–Crippen LogP) is 0.839. The molecule has 3 N–H and O–H groups in total. The average molecular weight is 253 g/mol. The average Bonchev–Trinajstić information content (AvgIpc) is 2.36. The molecule has 1 rings (SSSR count). The molecule has 1 aromatic carbocycles. The van der Waals surface area contributed by atoms with Gasteiger partial charge in [0.1, 0.15) is 6.10 Å². The Bertz CT molecular complexity index is 381. The zero-order valence-corrected chi connectivity index (χ0v) is 10.2. The van der Waals surface area contributed by atoms with Crippen LogP contribution < -0.4 is 5.73 Å². The smallest absolute Gasteiger partial charge is 0.192 e. The molecule has 0 spiro atoms. The van der Waals surface area contributed by atoms with E-state index in [4.69, 9.17) is 5.73 Å². The van der Waals surface area contributed by atoms with Crippen molar-refractivity contribution in [2.45, 2.75) is 12.5 Å². The maximum Gasteiger partial charge on any atom is 0.192 e. The maximum atomic E-state index is 11.7. The number of carbonyl (C=O) groups excluding carboxylic acids is 2. The Morgan fingerprint density at radius 3 is 2.53 bits per heavy atom. The molecule has 0 aromatic heterocycles. The summed E-state index contributed by atoms with van der Waals surface area (Å²) in [5.41, 5.74) is 5.67. The molecule has 0 aliphatic carbocycles. The SMILES string of the molecule is NCCSC(=O)CC(O)C(=O)c1ccccc1. The van der Waals surface area contributed by atoms with E-state index in [0.29, 0.717) is 17.9 Å². The topological polar surface area (TPSA) is 80.4 Å². The molecule has 0 fully saturated rings. The zero-order valence-electron chi connectivity index (χ0n) is 9.33. The molecule has 0 saturated carbocycles. The molecule has 0 aliphatic heterocycles. The van der Waals surface area contributed by atoms with E-state index in [1.165, 1.54) is 0 Å². The van der Waals surface area contributed by atoms with Gasteiger partial charge in [-0.05, 0) is 0 Å².